The Bertz CT molecular complexity index is 697. The molecule has 0 spiro atoms. The van der Waals surface area contributed by atoms with Gasteiger partial charge in [-0.1, -0.05) is 6.07 Å². The number of aryl methyl sites for hydroxylation is 1. The molecule has 0 N–H and O–H groups in total. The first-order valence-electron chi connectivity index (χ1n) is 9.58. The minimum absolute atomic E-state index is 0.103. The number of hydrogen-bond donors (Lipinski definition) is 0. The van der Waals surface area contributed by atoms with E-state index in [1.165, 1.54) is 6.07 Å². The second kappa shape index (κ2) is 8.80. The van der Waals surface area contributed by atoms with Gasteiger partial charge in [-0.15, -0.1) is 0 Å². The number of carbonyl (C=O) groups excluding carboxylic acids is 2. The Morgan fingerprint density at radius 3 is 2.78 bits per heavy atom. The van der Waals surface area contributed by atoms with E-state index in [0.717, 1.165) is 25.9 Å². The molecular formula is C20H28FN3O3. The Balaban J connectivity index is 1.59. The molecule has 1 aromatic rings. The number of halogens is 1. The zero-order chi connectivity index (χ0) is 19.4. The van der Waals surface area contributed by atoms with Crippen LogP contribution in [0.3, 0.4) is 0 Å². The van der Waals surface area contributed by atoms with Crippen molar-refractivity contribution in [2.75, 3.05) is 53.0 Å². The minimum atomic E-state index is -0.356. The molecule has 27 heavy (non-hydrogen) atoms. The molecule has 1 aromatic carbocycles. The topological polar surface area (TPSA) is 53.1 Å². The smallest absolute Gasteiger partial charge is 0.254 e. The van der Waals surface area contributed by atoms with Crippen molar-refractivity contribution in [2.24, 2.45) is 0 Å². The fourth-order valence-electron chi connectivity index (χ4n) is 3.85. The van der Waals surface area contributed by atoms with E-state index in [4.69, 9.17) is 4.74 Å². The van der Waals surface area contributed by atoms with Crippen LogP contribution in [0.5, 0.6) is 0 Å². The van der Waals surface area contributed by atoms with Crippen molar-refractivity contribution in [1.29, 1.82) is 0 Å². The third kappa shape index (κ3) is 4.47. The van der Waals surface area contributed by atoms with Gasteiger partial charge in [0, 0.05) is 51.9 Å². The first kappa shape index (κ1) is 19.8. The molecule has 2 aliphatic heterocycles. The Hall–Kier alpha value is -1.99. The SMILES string of the molecule is COCCN1CC[C@H](N2CCCN(C(=O)c3ccc(C)c(F)c3)CC2)C1=O. The first-order chi connectivity index (χ1) is 13.0. The number of benzene rings is 1. The van der Waals surface area contributed by atoms with Crippen LogP contribution in [0.1, 0.15) is 28.8 Å². The maximum absolute atomic E-state index is 13.8. The largest absolute Gasteiger partial charge is 0.383 e. The van der Waals surface area contributed by atoms with Crippen molar-refractivity contribution in [3.63, 3.8) is 0 Å². The lowest BCUT2D eigenvalue weighted by atomic mass is 10.1. The van der Waals surface area contributed by atoms with Gasteiger partial charge in [-0.05, 0) is 37.5 Å². The molecule has 3 rings (SSSR count). The van der Waals surface area contributed by atoms with Crippen LogP contribution in [0.25, 0.3) is 0 Å². The van der Waals surface area contributed by atoms with Crippen LogP contribution in [-0.2, 0) is 9.53 Å². The average Bonchev–Trinajstić information content (AvgIpc) is 2.87. The third-order valence-electron chi connectivity index (χ3n) is 5.51. The van der Waals surface area contributed by atoms with Crippen LogP contribution >= 0.6 is 0 Å². The maximum Gasteiger partial charge on any atom is 0.254 e. The first-order valence-corrected chi connectivity index (χ1v) is 9.58. The summed E-state index contributed by atoms with van der Waals surface area (Å²) in [5, 5.41) is 0. The van der Waals surface area contributed by atoms with Crippen molar-refractivity contribution in [3.8, 4) is 0 Å². The molecule has 0 saturated carbocycles. The van der Waals surface area contributed by atoms with E-state index in [-0.39, 0.29) is 23.7 Å². The number of amides is 2. The average molecular weight is 377 g/mol. The normalized spacial score (nSPS) is 21.6. The van der Waals surface area contributed by atoms with E-state index in [2.05, 4.69) is 4.90 Å². The molecule has 148 valence electrons. The summed E-state index contributed by atoms with van der Waals surface area (Å²) in [7, 11) is 1.64. The Labute approximate surface area is 159 Å². The molecule has 0 aliphatic carbocycles. The van der Waals surface area contributed by atoms with E-state index in [0.29, 0.717) is 43.9 Å². The van der Waals surface area contributed by atoms with Crippen LogP contribution < -0.4 is 0 Å². The lowest BCUT2D eigenvalue weighted by molar-refractivity contribution is -0.132. The minimum Gasteiger partial charge on any atom is -0.383 e. The fourth-order valence-corrected chi connectivity index (χ4v) is 3.85. The van der Waals surface area contributed by atoms with Crippen molar-refractivity contribution in [2.45, 2.75) is 25.8 Å². The van der Waals surface area contributed by atoms with Crippen LogP contribution in [0.15, 0.2) is 18.2 Å². The van der Waals surface area contributed by atoms with E-state index in [9.17, 15) is 14.0 Å². The summed E-state index contributed by atoms with van der Waals surface area (Å²) < 4.78 is 18.9. The van der Waals surface area contributed by atoms with Crippen molar-refractivity contribution >= 4 is 11.8 Å². The quantitative estimate of drug-likeness (QED) is 0.781. The summed E-state index contributed by atoms with van der Waals surface area (Å²) in [6.45, 7) is 6.25. The Kier molecular flexibility index (Phi) is 6.44. The molecule has 7 heteroatoms. The summed E-state index contributed by atoms with van der Waals surface area (Å²) in [4.78, 5) is 31.2. The monoisotopic (exact) mass is 377 g/mol. The van der Waals surface area contributed by atoms with Crippen LogP contribution in [0.2, 0.25) is 0 Å². The number of likely N-dealkylation sites (tertiary alicyclic amines) is 1. The van der Waals surface area contributed by atoms with E-state index < -0.39 is 0 Å². The molecule has 0 radical (unpaired) electrons. The van der Waals surface area contributed by atoms with Crippen LogP contribution in [0.4, 0.5) is 4.39 Å². The van der Waals surface area contributed by atoms with Gasteiger partial charge in [0.15, 0.2) is 0 Å². The summed E-state index contributed by atoms with van der Waals surface area (Å²) in [6, 6.07) is 4.53. The maximum atomic E-state index is 13.8. The van der Waals surface area contributed by atoms with Gasteiger partial charge in [0.2, 0.25) is 5.91 Å². The van der Waals surface area contributed by atoms with Gasteiger partial charge in [-0.25, -0.2) is 4.39 Å². The molecule has 6 nitrogen and oxygen atoms in total. The molecule has 0 unspecified atom stereocenters. The predicted octanol–water partition coefficient (Wildman–Crippen LogP) is 1.53. The van der Waals surface area contributed by atoms with E-state index in [1.54, 1.807) is 31.1 Å². The van der Waals surface area contributed by atoms with Crippen molar-refractivity contribution < 1.29 is 18.7 Å². The second-order valence-electron chi connectivity index (χ2n) is 7.27. The number of hydrogen-bond acceptors (Lipinski definition) is 4. The standard InChI is InChI=1S/C20H28FN3O3/c1-15-4-5-16(14-17(15)21)19(25)23-8-3-7-22(10-11-23)18-6-9-24(20(18)26)12-13-27-2/h4-5,14,18H,3,6-13H2,1-2H3/t18-/m0/s1. The number of methoxy groups -OCH3 is 1. The zero-order valence-corrected chi connectivity index (χ0v) is 16.1. The van der Waals surface area contributed by atoms with E-state index >= 15 is 0 Å². The van der Waals surface area contributed by atoms with Crippen LogP contribution in [-0.4, -0.2) is 85.5 Å². The van der Waals surface area contributed by atoms with Gasteiger partial charge in [-0.3, -0.25) is 14.5 Å². The summed E-state index contributed by atoms with van der Waals surface area (Å²) in [5.41, 5.74) is 0.917. The zero-order valence-electron chi connectivity index (χ0n) is 16.1. The highest BCUT2D eigenvalue weighted by atomic mass is 19.1. The highest BCUT2D eigenvalue weighted by molar-refractivity contribution is 5.94. The lowest BCUT2D eigenvalue weighted by Gasteiger charge is -2.26. The Morgan fingerprint density at radius 2 is 2.04 bits per heavy atom. The molecule has 2 fully saturated rings. The second-order valence-corrected chi connectivity index (χ2v) is 7.27. The highest BCUT2D eigenvalue weighted by Gasteiger charge is 2.36. The number of carbonyl (C=O) groups is 2. The van der Waals surface area contributed by atoms with Gasteiger partial charge < -0.3 is 14.5 Å². The van der Waals surface area contributed by atoms with Gasteiger partial charge in [-0.2, -0.15) is 0 Å². The van der Waals surface area contributed by atoms with Gasteiger partial charge in [0.1, 0.15) is 5.82 Å². The molecule has 2 saturated heterocycles. The molecule has 2 aliphatic rings. The van der Waals surface area contributed by atoms with E-state index in [1.807, 2.05) is 4.90 Å². The lowest BCUT2D eigenvalue weighted by Crippen LogP contribution is -2.44. The molecule has 0 bridgehead atoms. The molecular weight excluding hydrogens is 349 g/mol. The van der Waals surface area contributed by atoms with Gasteiger partial charge in [0.25, 0.3) is 5.91 Å². The number of rotatable bonds is 5. The molecule has 2 amide bonds. The number of nitrogens with zero attached hydrogens (tertiary/aromatic N) is 3. The van der Waals surface area contributed by atoms with Gasteiger partial charge in [0.05, 0.1) is 12.6 Å². The highest BCUT2D eigenvalue weighted by Crippen LogP contribution is 2.20. The van der Waals surface area contributed by atoms with Crippen molar-refractivity contribution in [3.05, 3.63) is 35.1 Å². The molecule has 2 heterocycles. The van der Waals surface area contributed by atoms with Crippen molar-refractivity contribution in [1.82, 2.24) is 14.7 Å². The summed E-state index contributed by atoms with van der Waals surface area (Å²) in [6.07, 6.45) is 1.63. The summed E-state index contributed by atoms with van der Waals surface area (Å²) in [5.74, 6) is -0.340. The predicted molar refractivity (Wildman–Crippen MR) is 100 cm³/mol. The molecule has 1 atom stereocenters. The number of ether oxygens (including phenoxy) is 1. The summed E-state index contributed by atoms with van der Waals surface area (Å²) >= 11 is 0. The fraction of sp³-hybridized carbons (Fsp3) is 0.600. The van der Waals surface area contributed by atoms with Crippen LogP contribution in [0, 0.1) is 12.7 Å². The van der Waals surface area contributed by atoms with Gasteiger partial charge >= 0.3 is 0 Å². The molecule has 0 aromatic heterocycles. The Morgan fingerprint density at radius 1 is 1.22 bits per heavy atom. The third-order valence-corrected chi connectivity index (χ3v) is 5.51.